The molecule has 1 N–H and O–H groups in total. The van der Waals surface area contributed by atoms with Crippen molar-refractivity contribution in [2.45, 2.75) is 13.8 Å². The van der Waals surface area contributed by atoms with Gasteiger partial charge in [-0.15, -0.1) is 11.3 Å². The lowest BCUT2D eigenvalue weighted by Gasteiger charge is -2.12. The predicted octanol–water partition coefficient (Wildman–Crippen LogP) is 5.60. The van der Waals surface area contributed by atoms with Gasteiger partial charge in [-0.05, 0) is 49.2 Å². The van der Waals surface area contributed by atoms with E-state index < -0.39 is 0 Å². The van der Waals surface area contributed by atoms with Crippen molar-refractivity contribution >= 4 is 33.1 Å². The van der Waals surface area contributed by atoms with Crippen molar-refractivity contribution in [1.29, 1.82) is 0 Å². The molecule has 0 unspecified atom stereocenters. The Hall–Kier alpha value is -3.18. The summed E-state index contributed by atoms with van der Waals surface area (Å²) in [6.45, 7) is 3.92. The van der Waals surface area contributed by atoms with Crippen molar-refractivity contribution < 1.29 is 9.53 Å². The van der Waals surface area contributed by atoms with E-state index in [-0.39, 0.29) is 12.5 Å². The van der Waals surface area contributed by atoms with Crippen LogP contribution in [0.4, 0.5) is 5.69 Å². The first-order valence-corrected chi connectivity index (χ1v) is 9.87. The SMILES string of the molecule is Cc1ccccc1OCC(=O)Nc1cccc(-c2nc3ccccc3s2)c1C. The number of hydrogen-bond acceptors (Lipinski definition) is 4. The van der Waals surface area contributed by atoms with Crippen molar-refractivity contribution in [2.24, 2.45) is 0 Å². The fourth-order valence-electron chi connectivity index (χ4n) is 3.04. The number of nitrogens with one attached hydrogen (secondary N) is 1. The zero-order valence-electron chi connectivity index (χ0n) is 15.7. The summed E-state index contributed by atoms with van der Waals surface area (Å²) < 4.78 is 6.79. The maximum absolute atomic E-state index is 12.4. The van der Waals surface area contributed by atoms with Crippen LogP contribution in [-0.4, -0.2) is 17.5 Å². The van der Waals surface area contributed by atoms with Crippen molar-refractivity contribution in [3.05, 3.63) is 77.9 Å². The number of benzene rings is 3. The molecule has 0 aliphatic rings. The second-order valence-corrected chi connectivity index (χ2v) is 7.60. The van der Waals surface area contributed by atoms with Gasteiger partial charge in [-0.25, -0.2) is 4.98 Å². The van der Waals surface area contributed by atoms with Gasteiger partial charge in [0, 0.05) is 11.3 Å². The van der Waals surface area contributed by atoms with E-state index in [9.17, 15) is 4.79 Å². The average Bonchev–Trinajstić information content (AvgIpc) is 3.13. The Balaban J connectivity index is 1.52. The third-order valence-electron chi connectivity index (χ3n) is 4.58. The van der Waals surface area contributed by atoms with Gasteiger partial charge in [0.25, 0.3) is 5.91 Å². The summed E-state index contributed by atoms with van der Waals surface area (Å²) in [5.41, 5.74) is 4.78. The first-order chi connectivity index (χ1) is 13.6. The van der Waals surface area contributed by atoms with Gasteiger partial charge < -0.3 is 10.1 Å². The first kappa shape index (κ1) is 18.2. The molecule has 0 bridgehead atoms. The van der Waals surface area contributed by atoms with Crippen molar-refractivity contribution in [3.8, 4) is 16.3 Å². The first-order valence-electron chi connectivity index (χ1n) is 9.05. The molecule has 3 aromatic carbocycles. The van der Waals surface area contributed by atoms with Crippen LogP contribution in [-0.2, 0) is 4.79 Å². The number of thiazole rings is 1. The zero-order valence-corrected chi connectivity index (χ0v) is 16.5. The Morgan fingerprint density at radius 3 is 2.61 bits per heavy atom. The monoisotopic (exact) mass is 388 g/mol. The third-order valence-corrected chi connectivity index (χ3v) is 5.65. The molecule has 1 amide bonds. The van der Waals surface area contributed by atoms with E-state index in [1.54, 1.807) is 11.3 Å². The standard InChI is InChI=1S/C23H20N2O2S/c1-15-8-3-5-12-20(15)27-14-22(26)24-18-11-7-9-17(16(18)2)23-25-19-10-4-6-13-21(19)28-23/h3-13H,14H2,1-2H3,(H,24,26). The Kier molecular flexibility index (Phi) is 5.08. The molecule has 0 fully saturated rings. The van der Waals surface area contributed by atoms with Crippen LogP contribution in [0.1, 0.15) is 11.1 Å². The van der Waals surface area contributed by atoms with Crippen LogP contribution in [0.3, 0.4) is 0 Å². The van der Waals surface area contributed by atoms with E-state index >= 15 is 0 Å². The molecule has 0 saturated carbocycles. The van der Waals surface area contributed by atoms with Gasteiger partial charge in [0.1, 0.15) is 10.8 Å². The minimum atomic E-state index is -0.187. The maximum Gasteiger partial charge on any atom is 0.262 e. The summed E-state index contributed by atoms with van der Waals surface area (Å²) in [5, 5.41) is 3.91. The molecular weight excluding hydrogens is 368 g/mol. The molecule has 0 aliphatic heterocycles. The van der Waals surface area contributed by atoms with Crippen LogP contribution < -0.4 is 10.1 Å². The average molecular weight is 388 g/mol. The number of carbonyl (C=O) groups is 1. The van der Waals surface area contributed by atoms with Crippen molar-refractivity contribution in [1.82, 2.24) is 4.98 Å². The molecule has 0 atom stereocenters. The van der Waals surface area contributed by atoms with Crippen molar-refractivity contribution in [3.63, 3.8) is 0 Å². The lowest BCUT2D eigenvalue weighted by Crippen LogP contribution is -2.21. The lowest BCUT2D eigenvalue weighted by molar-refractivity contribution is -0.118. The molecule has 140 valence electrons. The molecule has 28 heavy (non-hydrogen) atoms. The Bertz CT molecular complexity index is 1120. The number of anilines is 1. The molecule has 1 heterocycles. The molecule has 4 nitrogen and oxygen atoms in total. The van der Waals surface area contributed by atoms with E-state index in [1.165, 1.54) is 0 Å². The topological polar surface area (TPSA) is 51.2 Å². The second-order valence-electron chi connectivity index (χ2n) is 6.57. The van der Waals surface area contributed by atoms with E-state index in [2.05, 4.69) is 11.4 Å². The highest BCUT2D eigenvalue weighted by atomic mass is 32.1. The number of hydrogen-bond donors (Lipinski definition) is 1. The van der Waals surface area contributed by atoms with E-state index in [0.29, 0.717) is 0 Å². The molecule has 0 aliphatic carbocycles. The summed E-state index contributed by atoms with van der Waals surface area (Å²) in [7, 11) is 0. The minimum Gasteiger partial charge on any atom is -0.483 e. The maximum atomic E-state index is 12.4. The number of para-hydroxylation sites is 2. The predicted molar refractivity (Wildman–Crippen MR) is 115 cm³/mol. The van der Waals surface area contributed by atoms with Gasteiger partial charge in [-0.1, -0.05) is 42.5 Å². The van der Waals surface area contributed by atoms with Gasteiger partial charge >= 0.3 is 0 Å². The summed E-state index contributed by atoms with van der Waals surface area (Å²) in [5.74, 6) is 0.533. The Morgan fingerprint density at radius 2 is 1.79 bits per heavy atom. The largest absolute Gasteiger partial charge is 0.483 e. The molecule has 1 aromatic heterocycles. The van der Waals surface area contributed by atoms with E-state index in [1.807, 2.05) is 74.5 Å². The molecular formula is C23H20N2O2S. The molecule has 0 radical (unpaired) electrons. The molecule has 5 heteroatoms. The number of aryl methyl sites for hydroxylation is 1. The van der Waals surface area contributed by atoms with Gasteiger partial charge in [-0.3, -0.25) is 4.79 Å². The van der Waals surface area contributed by atoms with E-state index in [4.69, 9.17) is 9.72 Å². The second kappa shape index (κ2) is 7.82. The van der Waals surface area contributed by atoms with Crippen LogP contribution in [0.2, 0.25) is 0 Å². The highest BCUT2D eigenvalue weighted by molar-refractivity contribution is 7.21. The lowest BCUT2D eigenvalue weighted by atomic mass is 10.1. The fourth-order valence-corrected chi connectivity index (χ4v) is 4.09. The van der Waals surface area contributed by atoms with Gasteiger partial charge in [0.05, 0.1) is 10.2 Å². The smallest absolute Gasteiger partial charge is 0.262 e. The van der Waals surface area contributed by atoms with Crippen LogP contribution in [0.15, 0.2) is 66.7 Å². The number of fused-ring (bicyclic) bond motifs is 1. The third kappa shape index (κ3) is 3.75. The normalized spacial score (nSPS) is 10.8. The van der Waals surface area contributed by atoms with Crippen LogP contribution in [0.25, 0.3) is 20.8 Å². The zero-order chi connectivity index (χ0) is 19.5. The Labute approximate surface area is 167 Å². The number of amides is 1. The summed E-state index contributed by atoms with van der Waals surface area (Å²) in [6, 6.07) is 21.6. The molecule has 4 aromatic rings. The summed E-state index contributed by atoms with van der Waals surface area (Å²) in [6.07, 6.45) is 0. The highest BCUT2D eigenvalue weighted by Gasteiger charge is 2.13. The number of aromatic nitrogens is 1. The Morgan fingerprint density at radius 1 is 1.00 bits per heavy atom. The summed E-state index contributed by atoms with van der Waals surface area (Å²) in [4.78, 5) is 17.1. The highest BCUT2D eigenvalue weighted by Crippen LogP contribution is 2.34. The summed E-state index contributed by atoms with van der Waals surface area (Å²) >= 11 is 1.65. The number of rotatable bonds is 5. The van der Waals surface area contributed by atoms with Gasteiger partial charge in [-0.2, -0.15) is 0 Å². The van der Waals surface area contributed by atoms with Crippen LogP contribution >= 0.6 is 11.3 Å². The number of ether oxygens (including phenoxy) is 1. The van der Waals surface area contributed by atoms with Crippen LogP contribution in [0.5, 0.6) is 5.75 Å². The fraction of sp³-hybridized carbons (Fsp3) is 0.130. The van der Waals surface area contributed by atoms with Crippen LogP contribution in [0, 0.1) is 13.8 Å². The van der Waals surface area contributed by atoms with Crippen molar-refractivity contribution in [2.75, 3.05) is 11.9 Å². The minimum absolute atomic E-state index is 0.0321. The number of carbonyl (C=O) groups excluding carboxylic acids is 1. The van der Waals surface area contributed by atoms with Gasteiger partial charge in [0.15, 0.2) is 6.61 Å². The molecule has 0 spiro atoms. The molecule has 0 saturated heterocycles. The van der Waals surface area contributed by atoms with E-state index in [0.717, 1.165) is 43.4 Å². The molecule has 4 rings (SSSR count). The number of nitrogens with zero attached hydrogens (tertiary/aromatic N) is 1. The quantitative estimate of drug-likeness (QED) is 0.484. The van der Waals surface area contributed by atoms with Gasteiger partial charge in [0.2, 0.25) is 0 Å².